The van der Waals surface area contributed by atoms with E-state index in [1.54, 1.807) is 67.1 Å². The molecule has 14 amide bonds. The molecule has 0 radical (unpaired) electrons. The molecule has 636 valence electrons. The number of nitrogens with zero attached hydrogens (tertiary/aromatic N) is 6. The van der Waals surface area contributed by atoms with E-state index in [-0.39, 0.29) is 94.4 Å². The monoisotopic (exact) mass is 1660 g/mol. The molecule has 8 rings (SSSR count). The minimum absolute atomic E-state index is 0.00935. The van der Waals surface area contributed by atoms with E-state index >= 15 is 14.4 Å². The fourth-order valence-electron chi connectivity index (χ4n) is 12.9. The van der Waals surface area contributed by atoms with Gasteiger partial charge in [-0.05, 0) is 71.8 Å². The minimum Gasteiger partial charge on any atom is -0.508 e. The number of thioether (sulfide) groups is 1. The highest BCUT2D eigenvalue weighted by Crippen LogP contribution is 2.22. The number of aromatic hydroxyl groups is 1. The summed E-state index contributed by atoms with van der Waals surface area (Å²) < 4.78 is 1.54. The average molecular weight is 1660 g/mol. The number of fused-ring (bicyclic) bond motifs is 1. The van der Waals surface area contributed by atoms with Gasteiger partial charge in [-0.15, -0.1) is 11.8 Å². The molecule has 0 saturated carbocycles. The summed E-state index contributed by atoms with van der Waals surface area (Å²) in [6, 6.07) is 9.42. The Kier molecular flexibility index (Phi) is 34.7. The van der Waals surface area contributed by atoms with E-state index in [9.17, 15) is 63.0 Å². The molecular formula is C78H102N24O16S. The van der Waals surface area contributed by atoms with Gasteiger partial charge in [-0.25, -0.2) is 15.0 Å². The van der Waals surface area contributed by atoms with Gasteiger partial charge in [0.1, 0.15) is 72.2 Å². The van der Waals surface area contributed by atoms with E-state index in [1.807, 2.05) is 24.3 Å². The normalized spacial score (nSPS) is 22.2. The van der Waals surface area contributed by atoms with Crippen LogP contribution in [0, 0.1) is 5.41 Å². The number of guanidine groups is 1. The number of hydrogen-bond acceptors (Lipinski definition) is 22. The maximum Gasteiger partial charge on any atom is 0.245 e. The predicted molar refractivity (Wildman–Crippen MR) is 434 cm³/mol. The summed E-state index contributed by atoms with van der Waals surface area (Å²) in [7, 11) is 4.18. The molecule has 119 heavy (non-hydrogen) atoms. The van der Waals surface area contributed by atoms with Gasteiger partial charge in [-0.3, -0.25) is 72.5 Å². The van der Waals surface area contributed by atoms with Crippen molar-refractivity contribution in [2.24, 2.45) is 24.2 Å². The number of carbonyl (C=O) groups is 14. The highest BCUT2D eigenvalue weighted by molar-refractivity contribution is 8.00. The van der Waals surface area contributed by atoms with Crippen LogP contribution in [-0.4, -0.2) is 263 Å². The molecule has 1 aliphatic heterocycles. The molecule has 7 aromatic rings. The molecule has 11 atom stereocenters. The van der Waals surface area contributed by atoms with Crippen LogP contribution in [0.25, 0.3) is 10.8 Å². The van der Waals surface area contributed by atoms with E-state index in [4.69, 9.17) is 22.6 Å². The van der Waals surface area contributed by atoms with Crippen LogP contribution in [0.15, 0.2) is 135 Å². The Morgan fingerprint density at radius 3 is 1.71 bits per heavy atom. The molecule has 4 aromatic carbocycles. The van der Waals surface area contributed by atoms with Crippen molar-refractivity contribution in [2.75, 3.05) is 58.4 Å². The first-order valence-corrected chi connectivity index (χ1v) is 39.4. The molecule has 0 bridgehead atoms. The van der Waals surface area contributed by atoms with Crippen LogP contribution in [-0.2, 0) is 113 Å². The molecule has 23 N–H and O–H groups in total. The first-order chi connectivity index (χ1) is 57.0. The molecule has 3 aromatic heterocycles. The first-order valence-electron chi connectivity index (χ1n) is 38.3. The summed E-state index contributed by atoms with van der Waals surface area (Å²) in [6.45, 7) is -1.38. The minimum atomic E-state index is -1.84. The average Bonchev–Trinajstić information content (AvgIpc) is 1.56. The topological polar surface area (TPSA) is 607 Å². The van der Waals surface area contributed by atoms with Crippen LogP contribution < -0.4 is 81.0 Å². The number of aromatic amines is 2. The number of H-pyrrole nitrogens is 2. The smallest absolute Gasteiger partial charge is 0.245 e. The Balaban J connectivity index is 1.18. The van der Waals surface area contributed by atoms with E-state index in [2.05, 4.69) is 88.7 Å². The molecule has 1 saturated heterocycles. The molecule has 41 heteroatoms. The Labute approximate surface area is 688 Å². The molecule has 0 aliphatic carbocycles. The third kappa shape index (κ3) is 27.7. The van der Waals surface area contributed by atoms with E-state index in [0.29, 0.717) is 27.8 Å². The number of nitrogens with one attached hydrogen (secondary N) is 15. The van der Waals surface area contributed by atoms with Crippen molar-refractivity contribution in [1.29, 1.82) is 5.41 Å². The van der Waals surface area contributed by atoms with E-state index in [0.717, 1.165) is 26.9 Å². The number of primary amides is 1. The Hall–Kier alpha value is -13.3. The number of phenolic OH excluding ortho intramolecular Hbond substituents is 1. The van der Waals surface area contributed by atoms with Crippen LogP contribution in [0.5, 0.6) is 5.75 Å². The van der Waals surface area contributed by atoms with Gasteiger partial charge in [0.25, 0.3) is 0 Å². The molecule has 0 unspecified atom stereocenters. The third-order valence-corrected chi connectivity index (χ3v) is 20.6. The number of carbonyl (C=O) groups excluding carboxylic acids is 14. The lowest BCUT2D eigenvalue weighted by Gasteiger charge is -2.33. The maximum atomic E-state index is 15.3. The third-order valence-electron chi connectivity index (χ3n) is 19.6. The van der Waals surface area contributed by atoms with Crippen LogP contribution in [0.4, 0.5) is 0 Å². The molecule has 4 heterocycles. The van der Waals surface area contributed by atoms with Crippen molar-refractivity contribution in [3.63, 3.8) is 0 Å². The Morgan fingerprint density at radius 2 is 1.11 bits per heavy atom. The standard InChI is InChI=1S/C78H102N24O16S/c1-5-53-69(110)95-56(29-47-17-11-16-46-15-9-10-18-52(46)47)71(112)96-57(30-48-33-83-41-89-48)67(108)88-37-65(106)91-60(38-103)74(115)94-55(19-12-26-86-78(81)82)77(118)102(4)63(28-45-20-22-51(104)23-21-45)76(117)98-58(31-49-34-84-42-90-49)72(113)93-54(24-25-79)70(111)97-59(32-50-35-85-43-100(50)2)73(114)99-61(68(109)87-36-64(80)105)39-119-40-66(107)101(3)62(75(116)92-53)27-44-13-7-6-8-14-44/h6-11,13-18,20-23,33-35,41-43,53-63,103-104H,5,12,19,24-32,36-40,79H2,1-4H3,(H2,80,105)(H,83,89)(H,84,90)(H,87,109)(H,88,108)(H,91,106)(H,92,116)(H,93,113)(H,94,115)(H,95,110)(H,96,112)(H,97,111)(H,98,117)(H,99,114)(H4,81,82,86)/t53-,54-,55-,56-,57-,58-,59-,60-,61-,62-,63-/m0/s1. The van der Waals surface area contributed by atoms with Gasteiger partial charge in [0, 0.05) is 96.3 Å². The Morgan fingerprint density at radius 1 is 0.571 bits per heavy atom. The summed E-state index contributed by atoms with van der Waals surface area (Å²) in [6.07, 6.45) is 6.06. The zero-order chi connectivity index (χ0) is 86.2. The van der Waals surface area contributed by atoms with Gasteiger partial charge in [-0.2, -0.15) is 0 Å². The van der Waals surface area contributed by atoms with Gasteiger partial charge in [0.2, 0.25) is 82.7 Å². The molecule has 1 aliphatic rings. The van der Waals surface area contributed by atoms with Crippen molar-refractivity contribution in [2.45, 2.75) is 138 Å². The molecule has 1 fully saturated rings. The largest absolute Gasteiger partial charge is 0.508 e. The van der Waals surface area contributed by atoms with Crippen LogP contribution in [0.1, 0.15) is 66.4 Å². The number of nitrogens with two attached hydrogens (primary N) is 3. The number of aromatic nitrogens is 6. The summed E-state index contributed by atoms with van der Waals surface area (Å²) >= 11 is 0.831. The number of amides is 14. The zero-order valence-electron chi connectivity index (χ0n) is 66.0. The number of aliphatic hydroxyl groups is 1. The number of imidazole rings is 3. The van der Waals surface area contributed by atoms with Crippen LogP contribution >= 0.6 is 11.8 Å². The van der Waals surface area contributed by atoms with Gasteiger partial charge in [0.15, 0.2) is 5.96 Å². The molecule has 40 nitrogen and oxygen atoms in total. The summed E-state index contributed by atoms with van der Waals surface area (Å²) in [5, 5.41) is 61.5. The number of aliphatic hydroxyl groups excluding tert-OH is 1. The second-order valence-electron chi connectivity index (χ2n) is 28.3. The number of likely N-dealkylation sites (N-methyl/N-ethyl adjacent to an activating group) is 2. The summed E-state index contributed by atoms with van der Waals surface area (Å²) in [5.74, 6) is -14.8. The molecule has 0 spiro atoms. The quantitative estimate of drug-likeness (QED) is 0.0162. The lowest BCUT2D eigenvalue weighted by atomic mass is 9.97. The van der Waals surface area contributed by atoms with Gasteiger partial charge >= 0.3 is 0 Å². The van der Waals surface area contributed by atoms with Crippen molar-refractivity contribution in [1.82, 2.24) is 103 Å². The second kappa shape index (κ2) is 45.3. The molecular weight excluding hydrogens is 1560 g/mol. The zero-order valence-corrected chi connectivity index (χ0v) is 66.8. The number of aryl methyl sites for hydroxylation is 1. The van der Waals surface area contributed by atoms with Gasteiger partial charge in [-0.1, -0.05) is 91.9 Å². The fourth-order valence-corrected chi connectivity index (χ4v) is 13.9. The van der Waals surface area contributed by atoms with E-state index < -0.39 is 186 Å². The number of rotatable bonds is 23. The summed E-state index contributed by atoms with van der Waals surface area (Å²) in [5.41, 5.74) is 19.5. The highest BCUT2D eigenvalue weighted by atomic mass is 32.2. The number of phenols is 1. The Bertz CT molecular complexity index is 4670. The van der Waals surface area contributed by atoms with Crippen molar-refractivity contribution in [3.05, 3.63) is 168 Å². The van der Waals surface area contributed by atoms with Gasteiger partial charge < -0.3 is 116 Å². The lowest BCUT2D eigenvalue weighted by Crippen LogP contribution is -2.61. The van der Waals surface area contributed by atoms with Crippen molar-refractivity contribution in [3.8, 4) is 5.75 Å². The van der Waals surface area contributed by atoms with Crippen LogP contribution in [0.3, 0.4) is 0 Å². The number of benzene rings is 4. The lowest BCUT2D eigenvalue weighted by molar-refractivity contribution is -0.143. The second-order valence-corrected chi connectivity index (χ2v) is 29.3. The highest BCUT2D eigenvalue weighted by Gasteiger charge is 2.40. The van der Waals surface area contributed by atoms with E-state index in [1.165, 1.54) is 75.9 Å². The fraction of sp³-hybridized carbons (Fsp3) is 0.410. The maximum absolute atomic E-state index is 15.3. The summed E-state index contributed by atoms with van der Waals surface area (Å²) in [4.78, 5) is 224. The van der Waals surface area contributed by atoms with Crippen molar-refractivity contribution >= 4 is 111 Å². The SMILES string of the molecule is CC[C@@H]1NC(=O)[C@H](Cc2ccccc2)N(C)C(=O)CSC[C@@H](C(=O)NCC(N)=O)NC(=O)[C@H](Cc2cncn2C)NC(=O)[C@H](CCN)NC(=O)[C@H](Cc2c[nH]cn2)NC(=O)[C@H](Cc2ccc(O)cc2)N(C)C(=O)[C@H](CCCNC(=N)N)NC(=O)[C@H](CO)NC(=O)CNC(=O)[C@H](Cc2c[nH]cn2)NC(=O)[C@H](Cc2cccc3ccccc23)NC1=O. The first kappa shape index (κ1) is 91.2. The van der Waals surface area contributed by atoms with Gasteiger partial charge in [0.05, 0.1) is 55.8 Å². The van der Waals surface area contributed by atoms with Crippen LogP contribution in [0.2, 0.25) is 0 Å². The number of hydrogen-bond donors (Lipinski definition) is 20. The van der Waals surface area contributed by atoms with Crippen molar-refractivity contribution < 1.29 is 77.3 Å². The predicted octanol–water partition coefficient (Wildman–Crippen LogP) is -5.02.